The molecule has 0 saturated carbocycles. The molecule has 4 rings (SSSR count). The van der Waals surface area contributed by atoms with Gasteiger partial charge in [-0.25, -0.2) is 0 Å². The number of aromatic nitrogens is 2. The highest BCUT2D eigenvalue weighted by Gasteiger charge is 2.48. The molecule has 2 atom stereocenters. The number of fused-ring (bicyclic) bond motifs is 1. The van der Waals surface area contributed by atoms with Gasteiger partial charge in [0.15, 0.2) is 5.13 Å². The molecule has 7 nitrogen and oxygen atoms in total. The summed E-state index contributed by atoms with van der Waals surface area (Å²) in [5, 5.41) is 2.80. The van der Waals surface area contributed by atoms with Gasteiger partial charge in [0, 0.05) is 63.8 Å². The Kier molecular flexibility index (Phi) is 4.31. The van der Waals surface area contributed by atoms with Crippen LogP contribution in [0.5, 0.6) is 5.75 Å². The summed E-state index contributed by atoms with van der Waals surface area (Å²) in [5.74, 6) is -0.0644. The molecule has 2 aromatic heterocycles. The lowest BCUT2D eigenvalue weighted by Crippen LogP contribution is -2.37. The summed E-state index contributed by atoms with van der Waals surface area (Å²) in [5.41, 5.74) is 0.503. The topological polar surface area (TPSA) is 76.5 Å². The molecule has 2 aromatic rings. The molecule has 1 amide bonds. The number of rotatable bonds is 3. The molecule has 1 spiro atoms. The van der Waals surface area contributed by atoms with Crippen LogP contribution in [0.2, 0.25) is 0 Å². The first-order valence-electron chi connectivity index (χ1n) is 8.80. The number of thiazole rings is 1. The number of likely N-dealkylation sites (tertiary alicyclic amines) is 1. The number of hydrogen-bond donors (Lipinski definition) is 1. The van der Waals surface area contributed by atoms with E-state index >= 15 is 0 Å². The zero-order valence-corrected chi connectivity index (χ0v) is 16.2. The summed E-state index contributed by atoms with van der Waals surface area (Å²) in [7, 11) is 1.71. The van der Waals surface area contributed by atoms with Gasteiger partial charge in [0.2, 0.25) is 11.9 Å². The highest BCUT2D eigenvalue weighted by Crippen LogP contribution is 2.42. The van der Waals surface area contributed by atoms with Crippen molar-refractivity contribution in [3.8, 4) is 5.75 Å². The average molecular weight is 392 g/mol. The third-order valence-electron chi connectivity index (χ3n) is 5.17. The summed E-state index contributed by atoms with van der Waals surface area (Å²) in [4.78, 5) is 29.5. The molecule has 0 aliphatic carbocycles. The normalized spacial score (nSPS) is 24.2. The Labute approximate surface area is 159 Å². The fraction of sp³-hybridized carbons (Fsp3) is 0.500. The molecule has 2 aliphatic heterocycles. The Morgan fingerprint density at radius 1 is 1.56 bits per heavy atom. The number of hydrogen-bond acceptors (Lipinski definition) is 6. The van der Waals surface area contributed by atoms with E-state index in [1.807, 2.05) is 0 Å². The minimum Gasteiger partial charge on any atom is -0.484 e. The number of pyridine rings is 1. The quantitative estimate of drug-likeness (QED) is 0.864. The van der Waals surface area contributed by atoms with E-state index in [1.165, 1.54) is 11.5 Å². The number of nitrogens with zero attached hydrogens (tertiary/aromatic N) is 3. The van der Waals surface area contributed by atoms with Crippen LogP contribution < -0.4 is 15.6 Å². The van der Waals surface area contributed by atoms with Gasteiger partial charge in [-0.2, -0.15) is 9.37 Å². The van der Waals surface area contributed by atoms with E-state index in [0.29, 0.717) is 24.4 Å². The zero-order chi connectivity index (χ0) is 19.3. The van der Waals surface area contributed by atoms with Crippen LogP contribution in [0.3, 0.4) is 0 Å². The van der Waals surface area contributed by atoms with E-state index < -0.39 is 5.95 Å². The van der Waals surface area contributed by atoms with Gasteiger partial charge in [0.1, 0.15) is 11.4 Å². The molecule has 2 aliphatic rings. The van der Waals surface area contributed by atoms with Crippen molar-refractivity contribution in [2.75, 3.05) is 11.9 Å². The predicted molar refractivity (Wildman–Crippen MR) is 99.6 cm³/mol. The Morgan fingerprint density at radius 3 is 3.07 bits per heavy atom. The second-order valence-electron chi connectivity index (χ2n) is 7.45. The van der Waals surface area contributed by atoms with Crippen molar-refractivity contribution >= 4 is 22.4 Å². The van der Waals surface area contributed by atoms with Gasteiger partial charge in [-0.1, -0.05) is 11.3 Å². The molecule has 27 heavy (non-hydrogen) atoms. The van der Waals surface area contributed by atoms with E-state index in [2.05, 4.69) is 22.1 Å². The number of anilines is 1. The molecule has 0 radical (unpaired) electrons. The first-order valence-corrected chi connectivity index (χ1v) is 9.62. The average Bonchev–Trinajstić information content (AvgIpc) is 3.16. The fourth-order valence-electron chi connectivity index (χ4n) is 3.98. The second kappa shape index (κ2) is 6.42. The lowest BCUT2D eigenvalue weighted by Gasteiger charge is -2.24. The molecule has 1 unspecified atom stereocenters. The lowest BCUT2D eigenvalue weighted by atomic mass is 9.95. The van der Waals surface area contributed by atoms with Crippen molar-refractivity contribution in [1.82, 2.24) is 14.5 Å². The van der Waals surface area contributed by atoms with Crippen molar-refractivity contribution < 1.29 is 13.9 Å². The van der Waals surface area contributed by atoms with Crippen LogP contribution in [-0.2, 0) is 24.8 Å². The molecule has 0 bridgehead atoms. The molecule has 9 heteroatoms. The number of nitrogens with one attached hydrogen (secondary N) is 1. The largest absolute Gasteiger partial charge is 0.484 e. The second-order valence-corrected chi connectivity index (χ2v) is 8.53. The zero-order valence-electron chi connectivity index (χ0n) is 15.4. The maximum atomic E-state index is 14.2. The van der Waals surface area contributed by atoms with Gasteiger partial charge >= 0.3 is 0 Å². The summed E-state index contributed by atoms with van der Waals surface area (Å²) in [6, 6.07) is 1.84. The highest BCUT2D eigenvalue weighted by molar-refractivity contribution is 7.15. The van der Waals surface area contributed by atoms with Gasteiger partial charge in [-0.3, -0.25) is 14.5 Å². The standard InChI is InChI=1S/C18H21FN4O3S/c1-10-5-18(6-12-4-15(25)22(3)7-13(12)26-18)9-23(10)8-14-16(19)21-17(27-14)20-11(2)24/h4,7,10H,5-6,8-9H2,1-3H3,(H,20,21,24)/t10-,18?/m0/s1. The van der Waals surface area contributed by atoms with Crippen LogP contribution in [0.15, 0.2) is 17.1 Å². The minimum atomic E-state index is -0.546. The van der Waals surface area contributed by atoms with E-state index in [9.17, 15) is 14.0 Å². The van der Waals surface area contributed by atoms with E-state index in [-0.39, 0.29) is 28.2 Å². The Balaban J connectivity index is 1.50. The molecule has 1 N–H and O–H groups in total. The van der Waals surface area contributed by atoms with Crippen molar-refractivity contribution in [1.29, 1.82) is 0 Å². The molecular weight excluding hydrogens is 371 g/mol. The maximum Gasteiger partial charge on any atom is 0.250 e. The minimum absolute atomic E-state index is 0.0467. The van der Waals surface area contributed by atoms with Crippen LogP contribution in [0.4, 0.5) is 9.52 Å². The summed E-state index contributed by atoms with van der Waals surface area (Å²) in [6.07, 6.45) is 3.22. The number of halogens is 1. The SMILES string of the molecule is CC(=O)Nc1nc(F)c(CN2CC3(Cc4cc(=O)n(C)cc4O3)C[C@@H]2C)s1. The number of carbonyl (C=O) groups is 1. The Bertz CT molecular complexity index is 972. The maximum absolute atomic E-state index is 14.2. The summed E-state index contributed by atoms with van der Waals surface area (Å²) >= 11 is 1.15. The Hall–Kier alpha value is -2.26. The van der Waals surface area contributed by atoms with Crippen LogP contribution >= 0.6 is 11.3 Å². The first-order chi connectivity index (χ1) is 12.7. The van der Waals surface area contributed by atoms with Crippen molar-refractivity contribution in [3.05, 3.63) is 39.0 Å². The van der Waals surface area contributed by atoms with Crippen LogP contribution in [0.1, 0.15) is 30.7 Å². The van der Waals surface area contributed by atoms with Crippen LogP contribution in [-0.4, -0.2) is 38.5 Å². The van der Waals surface area contributed by atoms with Gasteiger partial charge in [0.05, 0.1) is 4.88 Å². The van der Waals surface area contributed by atoms with Crippen molar-refractivity contribution in [2.45, 2.75) is 44.9 Å². The van der Waals surface area contributed by atoms with Crippen LogP contribution in [0.25, 0.3) is 0 Å². The van der Waals surface area contributed by atoms with E-state index in [0.717, 1.165) is 29.1 Å². The number of carbonyl (C=O) groups excluding carboxylic acids is 1. The molecular formula is C18H21FN4O3S. The van der Waals surface area contributed by atoms with Gasteiger partial charge in [-0.05, 0) is 6.92 Å². The summed E-state index contributed by atoms with van der Waals surface area (Å²) < 4.78 is 21.9. The number of amides is 1. The van der Waals surface area contributed by atoms with Crippen LogP contribution in [0, 0.1) is 5.95 Å². The smallest absolute Gasteiger partial charge is 0.250 e. The van der Waals surface area contributed by atoms with Gasteiger partial charge in [0.25, 0.3) is 5.56 Å². The Morgan fingerprint density at radius 2 is 2.33 bits per heavy atom. The molecule has 4 heterocycles. The fourth-order valence-corrected chi connectivity index (χ4v) is 4.90. The van der Waals surface area contributed by atoms with E-state index in [1.54, 1.807) is 19.3 Å². The summed E-state index contributed by atoms with van der Waals surface area (Å²) in [6.45, 7) is 4.52. The molecule has 1 fully saturated rings. The lowest BCUT2D eigenvalue weighted by molar-refractivity contribution is -0.114. The van der Waals surface area contributed by atoms with Gasteiger partial charge in [-0.15, -0.1) is 0 Å². The van der Waals surface area contributed by atoms with Gasteiger partial charge < -0.3 is 14.6 Å². The van der Waals surface area contributed by atoms with E-state index in [4.69, 9.17) is 4.74 Å². The third-order valence-corrected chi connectivity index (χ3v) is 6.10. The first kappa shape index (κ1) is 18.1. The highest BCUT2D eigenvalue weighted by atomic mass is 32.1. The van der Waals surface area contributed by atoms with Crippen molar-refractivity contribution in [2.24, 2.45) is 7.05 Å². The number of ether oxygens (including phenoxy) is 1. The number of aryl methyl sites for hydroxylation is 1. The third kappa shape index (κ3) is 3.37. The monoisotopic (exact) mass is 392 g/mol. The van der Waals surface area contributed by atoms with Crippen molar-refractivity contribution in [3.63, 3.8) is 0 Å². The molecule has 1 saturated heterocycles. The predicted octanol–water partition coefficient (Wildman–Crippen LogP) is 1.91. The molecule has 0 aromatic carbocycles. The molecule has 144 valence electrons.